The second-order valence-corrected chi connectivity index (χ2v) is 5.94. The first-order valence-corrected chi connectivity index (χ1v) is 7.59. The molecule has 1 aromatic carbocycles. The van der Waals surface area contributed by atoms with Gasteiger partial charge in [-0.3, -0.25) is 0 Å². The molecule has 0 radical (unpaired) electrons. The Labute approximate surface area is 129 Å². The zero-order chi connectivity index (χ0) is 16.3. The molecule has 1 atom stereocenters. The number of aliphatic hydroxyl groups is 1. The zero-order valence-corrected chi connectivity index (χ0v) is 13.9. The van der Waals surface area contributed by atoms with Gasteiger partial charge in [-0.2, -0.15) is 0 Å². The van der Waals surface area contributed by atoms with Crippen LogP contribution < -0.4 is 10.5 Å². The molecule has 0 bridgehead atoms. The van der Waals surface area contributed by atoms with Gasteiger partial charge in [0.05, 0.1) is 6.61 Å². The molecule has 0 amide bonds. The average molecular weight is 293 g/mol. The van der Waals surface area contributed by atoms with Crippen molar-refractivity contribution >= 4 is 0 Å². The van der Waals surface area contributed by atoms with Crippen LogP contribution in [-0.4, -0.2) is 24.4 Å². The molecule has 1 aromatic rings. The summed E-state index contributed by atoms with van der Waals surface area (Å²) in [6, 6.07) is 8.22. The van der Waals surface area contributed by atoms with Crippen LogP contribution in [0.15, 0.2) is 36.9 Å². The van der Waals surface area contributed by atoms with Crippen LogP contribution in [0.2, 0.25) is 0 Å². The molecule has 0 heterocycles. The van der Waals surface area contributed by atoms with Crippen molar-refractivity contribution in [2.45, 2.75) is 40.2 Å². The number of benzene rings is 1. The zero-order valence-electron chi connectivity index (χ0n) is 13.9. The van der Waals surface area contributed by atoms with Crippen molar-refractivity contribution in [3.63, 3.8) is 0 Å². The van der Waals surface area contributed by atoms with Crippen LogP contribution in [0.25, 0.3) is 0 Å². The minimum atomic E-state index is -0.0417. The fourth-order valence-electron chi connectivity index (χ4n) is 1.60. The number of nitrogens with two attached hydrogens (primary N) is 1. The molecular weight excluding hydrogens is 262 g/mol. The number of aliphatic hydroxyl groups excluding tert-OH is 1. The van der Waals surface area contributed by atoms with E-state index >= 15 is 0 Å². The Hall–Kier alpha value is -1.32. The lowest BCUT2D eigenvalue weighted by atomic mass is 10.0. The molecule has 0 unspecified atom stereocenters. The molecule has 0 aliphatic heterocycles. The number of hydrogen-bond donors (Lipinski definition) is 2. The smallest absolute Gasteiger partial charge is 0.120 e. The van der Waals surface area contributed by atoms with E-state index in [0.717, 1.165) is 12.2 Å². The molecule has 0 fully saturated rings. The van der Waals surface area contributed by atoms with Gasteiger partial charge in [-0.15, -0.1) is 0 Å². The van der Waals surface area contributed by atoms with Crippen LogP contribution in [0.5, 0.6) is 5.75 Å². The SMILES string of the molecule is C=CCOc1cccc(CC(C)C)c1.CC(C)[C@@H](N)CO. The third-order valence-corrected chi connectivity index (χ3v) is 2.98. The first-order chi connectivity index (χ1) is 9.90. The maximum atomic E-state index is 8.38. The van der Waals surface area contributed by atoms with E-state index in [2.05, 4.69) is 32.6 Å². The van der Waals surface area contributed by atoms with Gasteiger partial charge in [0, 0.05) is 6.04 Å². The van der Waals surface area contributed by atoms with Gasteiger partial charge in [0.1, 0.15) is 12.4 Å². The molecule has 3 nitrogen and oxygen atoms in total. The van der Waals surface area contributed by atoms with E-state index in [1.165, 1.54) is 5.56 Å². The first kappa shape index (κ1) is 19.7. The molecular formula is C18H31NO2. The standard InChI is InChI=1S/C13H18O.C5H13NO/c1-4-8-14-13-7-5-6-12(10-13)9-11(2)3;1-4(2)5(6)3-7/h4-7,10-11H,1,8-9H2,2-3H3;4-5,7H,3,6H2,1-2H3/t;5-/m.0/s1. The molecule has 3 N–H and O–H groups in total. The van der Waals surface area contributed by atoms with E-state index in [1.54, 1.807) is 6.08 Å². The Balaban J connectivity index is 0.000000486. The maximum absolute atomic E-state index is 8.38. The monoisotopic (exact) mass is 293 g/mol. The third kappa shape index (κ3) is 10.1. The van der Waals surface area contributed by atoms with Crippen LogP contribution in [0.1, 0.15) is 33.3 Å². The summed E-state index contributed by atoms with van der Waals surface area (Å²) in [7, 11) is 0. The van der Waals surface area contributed by atoms with Crippen molar-refractivity contribution in [3.05, 3.63) is 42.5 Å². The summed E-state index contributed by atoms with van der Waals surface area (Å²) in [4.78, 5) is 0. The third-order valence-electron chi connectivity index (χ3n) is 2.98. The van der Waals surface area contributed by atoms with Gasteiger partial charge in [-0.05, 0) is 36.0 Å². The summed E-state index contributed by atoms with van der Waals surface area (Å²) in [5.41, 5.74) is 6.70. The van der Waals surface area contributed by atoms with E-state index < -0.39 is 0 Å². The van der Waals surface area contributed by atoms with Gasteiger partial charge in [-0.1, -0.05) is 52.5 Å². The highest BCUT2D eigenvalue weighted by Crippen LogP contribution is 2.16. The fraction of sp³-hybridized carbons (Fsp3) is 0.556. The summed E-state index contributed by atoms with van der Waals surface area (Å²) < 4.78 is 5.46. The minimum Gasteiger partial charge on any atom is -0.490 e. The van der Waals surface area contributed by atoms with Crippen LogP contribution >= 0.6 is 0 Å². The van der Waals surface area contributed by atoms with Gasteiger partial charge in [0.25, 0.3) is 0 Å². The van der Waals surface area contributed by atoms with Crippen molar-refractivity contribution in [2.24, 2.45) is 17.6 Å². The van der Waals surface area contributed by atoms with E-state index in [1.807, 2.05) is 26.0 Å². The lowest BCUT2D eigenvalue weighted by molar-refractivity contribution is 0.238. The molecule has 120 valence electrons. The molecule has 3 heteroatoms. The van der Waals surface area contributed by atoms with Crippen LogP contribution in [0.4, 0.5) is 0 Å². The molecule has 0 aliphatic carbocycles. The molecule has 0 spiro atoms. The van der Waals surface area contributed by atoms with Gasteiger partial charge in [-0.25, -0.2) is 0 Å². The van der Waals surface area contributed by atoms with Crippen molar-refractivity contribution in [1.82, 2.24) is 0 Å². The van der Waals surface area contributed by atoms with E-state index in [4.69, 9.17) is 15.6 Å². The number of rotatable bonds is 7. The first-order valence-electron chi connectivity index (χ1n) is 7.59. The molecule has 1 rings (SSSR count). The van der Waals surface area contributed by atoms with E-state index in [-0.39, 0.29) is 12.6 Å². The summed E-state index contributed by atoms with van der Waals surface area (Å²) in [5, 5.41) is 8.38. The Bertz CT molecular complexity index is 389. The number of ether oxygens (including phenoxy) is 1. The molecule has 0 aromatic heterocycles. The molecule has 0 saturated heterocycles. The van der Waals surface area contributed by atoms with Crippen molar-refractivity contribution in [3.8, 4) is 5.75 Å². The molecule has 21 heavy (non-hydrogen) atoms. The Morgan fingerprint density at radius 1 is 1.29 bits per heavy atom. The van der Waals surface area contributed by atoms with Crippen molar-refractivity contribution in [1.29, 1.82) is 0 Å². The quantitative estimate of drug-likeness (QED) is 0.757. The lowest BCUT2D eigenvalue weighted by Gasteiger charge is -2.10. The highest BCUT2D eigenvalue weighted by Gasteiger charge is 2.02. The summed E-state index contributed by atoms with van der Waals surface area (Å²) in [5.74, 6) is 2.01. The topological polar surface area (TPSA) is 55.5 Å². The summed E-state index contributed by atoms with van der Waals surface area (Å²) in [6.45, 7) is 12.7. The maximum Gasteiger partial charge on any atom is 0.120 e. The van der Waals surface area contributed by atoms with Crippen LogP contribution in [0, 0.1) is 11.8 Å². The summed E-state index contributed by atoms with van der Waals surface area (Å²) >= 11 is 0. The number of hydrogen-bond acceptors (Lipinski definition) is 3. The minimum absolute atomic E-state index is 0.0417. The van der Waals surface area contributed by atoms with Crippen molar-refractivity contribution in [2.75, 3.05) is 13.2 Å². The average Bonchev–Trinajstić information content (AvgIpc) is 2.44. The normalized spacial score (nSPS) is 11.8. The Morgan fingerprint density at radius 2 is 1.95 bits per heavy atom. The van der Waals surface area contributed by atoms with Gasteiger partial charge < -0.3 is 15.6 Å². The molecule has 0 aliphatic rings. The van der Waals surface area contributed by atoms with Crippen LogP contribution in [0.3, 0.4) is 0 Å². The molecule has 0 saturated carbocycles. The van der Waals surface area contributed by atoms with Crippen LogP contribution in [-0.2, 0) is 6.42 Å². The van der Waals surface area contributed by atoms with Crippen molar-refractivity contribution < 1.29 is 9.84 Å². The summed E-state index contributed by atoms with van der Waals surface area (Å²) in [6.07, 6.45) is 2.86. The Kier molecular flexibility index (Phi) is 10.6. The largest absolute Gasteiger partial charge is 0.490 e. The Morgan fingerprint density at radius 3 is 2.38 bits per heavy atom. The highest BCUT2D eigenvalue weighted by molar-refractivity contribution is 5.28. The second-order valence-electron chi connectivity index (χ2n) is 5.94. The highest BCUT2D eigenvalue weighted by atomic mass is 16.5. The predicted octanol–water partition coefficient (Wildman–Crippen LogP) is 3.41. The van der Waals surface area contributed by atoms with E-state index in [9.17, 15) is 0 Å². The predicted molar refractivity (Wildman–Crippen MR) is 90.6 cm³/mol. The second kappa shape index (κ2) is 11.4. The fourth-order valence-corrected chi connectivity index (χ4v) is 1.60. The lowest BCUT2D eigenvalue weighted by Crippen LogP contribution is -2.29. The van der Waals surface area contributed by atoms with Gasteiger partial charge in [0.2, 0.25) is 0 Å². The van der Waals surface area contributed by atoms with Gasteiger partial charge >= 0.3 is 0 Å². The van der Waals surface area contributed by atoms with Gasteiger partial charge in [0.15, 0.2) is 0 Å². The van der Waals surface area contributed by atoms with E-state index in [0.29, 0.717) is 18.4 Å².